The maximum atomic E-state index is 14.3. The first-order valence-electron chi connectivity index (χ1n) is 8.40. The van der Waals surface area contributed by atoms with Gasteiger partial charge in [0.05, 0.1) is 18.6 Å². The molecule has 7 heteroatoms. The summed E-state index contributed by atoms with van der Waals surface area (Å²) in [5, 5.41) is 3.32. The summed E-state index contributed by atoms with van der Waals surface area (Å²) in [5.74, 6) is 0.465. The molecule has 0 aliphatic carbocycles. The predicted molar refractivity (Wildman–Crippen MR) is 117 cm³/mol. The second kappa shape index (κ2) is 10.1. The molecule has 1 aromatic heterocycles. The molecule has 0 fully saturated rings. The van der Waals surface area contributed by atoms with E-state index in [1.165, 1.54) is 11.6 Å². The predicted octanol–water partition coefficient (Wildman–Crippen LogP) is 3.84. The largest absolute Gasteiger partial charge is 0.352 e. The maximum Gasteiger partial charge on any atom is 0.194 e. The van der Waals surface area contributed by atoms with Crippen molar-refractivity contribution in [2.75, 3.05) is 14.1 Å². The van der Waals surface area contributed by atoms with E-state index >= 15 is 0 Å². The number of guanidine groups is 1. The quantitative estimate of drug-likeness (QED) is 0.344. The summed E-state index contributed by atoms with van der Waals surface area (Å²) in [5.41, 5.74) is 2.47. The van der Waals surface area contributed by atoms with E-state index in [1.807, 2.05) is 43.3 Å². The number of hydrogen-bond acceptors (Lipinski definition) is 2. The molecule has 0 aliphatic rings. The molecule has 0 atom stereocenters. The molecule has 2 aromatic carbocycles. The fourth-order valence-electron chi connectivity index (χ4n) is 2.56. The van der Waals surface area contributed by atoms with Crippen LogP contribution in [0.25, 0.3) is 5.69 Å². The summed E-state index contributed by atoms with van der Waals surface area (Å²) >= 11 is 0. The van der Waals surface area contributed by atoms with Crippen molar-refractivity contribution in [1.82, 2.24) is 19.8 Å². The molecule has 1 heterocycles. The highest BCUT2D eigenvalue weighted by molar-refractivity contribution is 14.0. The molecular weight excluding hydrogens is 456 g/mol. The smallest absolute Gasteiger partial charge is 0.194 e. The van der Waals surface area contributed by atoms with E-state index in [4.69, 9.17) is 0 Å². The minimum atomic E-state index is -0.292. The normalized spacial score (nSPS) is 11.0. The lowest BCUT2D eigenvalue weighted by Gasteiger charge is -2.18. The number of nitrogens with one attached hydrogen (secondary N) is 1. The van der Waals surface area contributed by atoms with E-state index in [1.54, 1.807) is 29.4 Å². The van der Waals surface area contributed by atoms with Gasteiger partial charge >= 0.3 is 0 Å². The number of benzene rings is 2. The van der Waals surface area contributed by atoms with Crippen LogP contribution in [0.15, 0.2) is 72.2 Å². The summed E-state index contributed by atoms with van der Waals surface area (Å²) in [6, 6.07) is 15.3. The third-order valence-electron chi connectivity index (χ3n) is 3.92. The van der Waals surface area contributed by atoms with Gasteiger partial charge in [-0.05, 0) is 23.3 Å². The topological polar surface area (TPSA) is 45.5 Å². The van der Waals surface area contributed by atoms with E-state index < -0.39 is 0 Å². The van der Waals surface area contributed by atoms with Gasteiger partial charge in [-0.2, -0.15) is 0 Å². The number of halogens is 2. The molecule has 27 heavy (non-hydrogen) atoms. The van der Waals surface area contributed by atoms with Crippen LogP contribution in [0.3, 0.4) is 0 Å². The molecular formula is C20H23FIN5. The number of rotatable bonds is 5. The SMILES string of the molecule is CN(C)C(=NCc1ccc(-n2ccnc2)c(F)c1)NCc1ccccc1.I. The summed E-state index contributed by atoms with van der Waals surface area (Å²) in [7, 11) is 3.86. The van der Waals surface area contributed by atoms with Crippen LogP contribution in [-0.2, 0) is 13.1 Å². The van der Waals surface area contributed by atoms with E-state index in [2.05, 4.69) is 27.4 Å². The molecule has 1 N–H and O–H groups in total. The van der Waals surface area contributed by atoms with Crippen molar-refractivity contribution in [3.63, 3.8) is 0 Å². The lowest BCUT2D eigenvalue weighted by atomic mass is 10.2. The average molecular weight is 479 g/mol. The van der Waals surface area contributed by atoms with Gasteiger partial charge in [0.15, 0.2) is 5.96 Å². The third-order valence-corrected chi connectivity index (χ3v) is 3.92. The number of hydrogen-bond donors (Lipinski definition) is 1. The first kappa shape index (κ1) is 20.9. The Hall–Kier alpha value is -2.42. The van der Waals surface area contributed by atoms with E-state index in [0.717, 1.165) is 11.5 Å². The van der Waals surface area contributed by atoms with Gasteiger partial charge in [-0.3, -0.25) is 0 Å². The minimum absolute atomic E-state index is 0. The number of aromatic nitrogens is 2. The van der Waals surface area contributed by atoms with E-state index in [-0.39, 0.29) is 29.8 Å². The molecule has 0 amide bonds. The number of nitrogens with zero attached hydrogens (tertiary/aromatic N) is 4. The zero-order valence-corrected chi connectivity index (χ0v) is 17.7. The number of aliphatic imine (C=N–C) groups is 1. The summed E-state index contributed by atoms with van der Waals surface area (Å²) in [6.07, 6.45) is 4.92. The second-order valence-electron chi connectivity index (χ2n) is 6.13. The molecule has 0 saturated carbocycles. The number of imidazole rings is 1. The molecule has 3 aromatic rings. The fourth-order valence-corrected chi connectivity index (χ4v) is 2.56. The van der Waals surface area contributed by atoms with Crippen LogP contribution in [0, 0.1) is 5.82 Å². The molecule has 0 aliphatic heterocycles. The van der Waals surface area contributed by atoms with Gasteiger partial charge < -0.3 is 14.8 Å². The average Bonchev–Trinajstić information content (AvgIpc) is 3.16. The Morgan fingerprint density at radius 3 is 2.56 bits per heavy atom. The maximum absolute atomic E-state index is 14.3. The zero-order chi connectivity index (χ0) is 18.4. The Morgan fingerprint density at radius 2 is 1.93 bits per heavy atom. The summed E-state index contributed by atoms with van der Waals surface area (Å²) < 4.78 is 16.0. The highest BCUT2D eigenvalue weighted by Crippen LogP contribution is 2.15. The van der Waals surface area contributed by atoms with Crippen LogP contribution < -0.4 is 5.32 Å². The van der Waals surface area contributed by atoms with Crippen molar-refractivity contribution in [3.05, 3.63) is 84.2 Å². The molecule has 0 radical (unpaired) electrons. The Balaban J connectivity index is 0.00000261. The summed E-state index contributed by atoms with van der Waals surface area (Å²) in [4.78, 5) is 10.5. The second-order valence-corrected chi connectivity index (χ2v) is 6.13. The Labute approximate surface area is 176 Å². The third kappa shape index (κ3) is 5.78. The van der Waals surface area contributed by atoms with Gasteiger partial charge in [-0.15, -0.1) is 24.0 Å². The van der Waals surface area contributed by atoms with E-state index in [9.17, 15) is 4.39 Å². The van der Waals surface area contributed by atoms with Crippen molar-refractivity contribution >= 4 is 29.9 Å². The van der Waals surface area contributed by atoms with Crippen LogP contribution >= 0.6 is 24.0 Å². The molecule has 142 valence electrons. The van der Waals surface area contributed by atoms with Crippen LogP contribution in [0.1, 0.15) is 11.1 Å². The lowest BCUT2D eigenvalue weighted by molar-refractivity contribution is 0.578. The molecule has 5 nitrogen and oxygen atoms in total. The molecule has 0 saturated heterocycles. The Kier molecular flexibility index (Phi) is 7.78. The summed E-state index contributed by atoms with van der Waals surface area (Å²) in [6.45, 7) is 1.09. The Bertz CT molecular complexity index is 863. The van der Waals surface area contributed by atoms with Crippen LogP contribution in [0.2, 0.25) is 0 Å². The van der Waals surface area contributed by atoms with E-state index in [0.29, 0.717) is 18.8 Å². The van der Waals surface area contributed by atoms with Crippen LogP contribution in [0.4, 0.5) is 4.39 Å². The Morgan fingerprint density at radius 1 is 1.15 bits per heavy atom. The highest BCUT2D eigenvalue weighted by Gasteiger charge is 2.06. The van der Waals surface area contributed by atoms with Crippen molar-refractivity contribution in [1.29, 1.82) is 0 Å². The molecule has 3 rings (SSSR count). The molecule has 0 spiro atoms. The lowest BCUT2D eigenvalue weighted by Crippen LogP contribution is -2.36. The van der Waals surface area contributed by atoms with Crippen molar-refractivity contribution in [2.45, 2.75) is 13.1 Å². The fraction of sp³-hybridized carbons (Fsp3) is 0.200. The standard InChI is InChI=1S/C20H22FN5.HI/c1-25(2)20(23-13-16-6-4-3-5-7-16)24-14-17-8-9-19(18(21)12-17)26-11-10-22-15-26;/h3-12,15H,13-14H2,1-2H3,(H,23,24);1H. The van der Waals surface area contributed by atoms with Crippen molar-refractivity contribution in [3.8, 4) is 5.69 Å². The van der Waals surface area contributed by atoms with Gasteiger partial charge in [0.2, 0.25) is 0 Å². The zero-order valence-electron chi connectivity index (χ0n) is 15.3. The minimum Gasteiger partial charge on any atom is -0.352 e. The van der Waals surface area contributed by atoms with Crippen LogP contribution in [0.5, 0.6) is 0 Å². The monoisotopic (exact) mass is 479 g/mol. The van der Waals surface area contributed by atoms with Crippen LogP contribution in [-0.4, -0.2) is 34.5 Å². The first-order chi connectivity index (χ1) is 12.6. The van der Waals surface area contributed by atoms with Crippen molar-refractivity contribution in [2.24, 2.45) is 4.99 Å². The van der Waals surface area contributed by atoms with Gasteiger partial charge in [0.1, 0.15) is 5.82 Å². The van der Waals surface area contributed by atoms with Crippen molar-refractivity contribution < 1.29 is 4.39 Å². The van der Waals surface area contributed by atoms with Gasteiger partial charge in [-0.25, -0.2) is 14.4 Å². The van der Waals surface area contributed by atoms with Gasteiger partial charge in [0.25, 0.3) is 0 Å². The van der Waals surface area contributed by atoms with Gasteiger partial charge in [-0.1, -0.05) is 36.4 Å². The highest BCUT2D eigenvalue weighted by atomic mass is 127. The molecule has 0 unspecified atom stereocenters. The first-order valence-corrected chi connectivity index (χ1v) is 8.40. The van der Waals surface area contributed by atoms with Gasteiger partial charge in [0, 0.05) is 33.0 Å². The molecule has 0 bridgehead atoms.